The Morgan fingerprint density at radius 1 is 1.56 bits per heavy atom. The van der Waals surface area contributed by atoms with E-state index in [0.29, 0.717) is 0 Å². The van der Waals surface area contributed by atoms with Gasteiger partial charge >= 0.3 is 0 Å². The number of aromatic nitrogens is 4. The topological polar surface area (TPSA) is 55.6 Å². The van der Waals surface area contributed by atoms with Crippen LogP contribution in [0.15, 0.2) is 18.5 Å². The first-order valence-corrected chi connectivity index (χ1v) is 6.02. The van der Waals surface area contributed by atoms with Crippen molar-refractivity contribution in [2.75, 3.05) is 6.54 Å². The molecule has 0 spiro atoms. The second-order valence-electron chi connectivity index (χ2n) is 3.63. The minimum atomic E-state index is 0.207. The van der Waals surface area contributed by atoms with Crippen molar-refractivity contribution in [3.05, 3.63) is 29.8 Å². The van der Waals surface area contributed by atoms with Crippen LogP contribution in [-0.4, -0.2) is 25.1 Å². The van der Waals surface area contributed by atoms with Gasteiger partial charge in [0.25, 0.3) is 0 Å². The lowest BCUT2D eigenvalue weighted by Crippen LogP contribution is -2.23. The predicted octanol–water partition coefficient (Wildman–Crippen LogP) is 1.16. The number of likely N-dealkylation sites (N-methyl/N-ethyl adjacent to an activating group) is 1. The van der Waals surface area contributed by atoms with E-state index in [-0.39, 0.29) is 6.04 Å². The maximum Gasteiger partial charge on any atom is 0.0916 e. The van der Waals surface area contributed by atoms with E-state index in [1.165, 1.54) is 11.7 Å². The molecular formula is C10H15N5S. The Morgan fingerprint density at radius 2 is 2.44 bits per heavy atom. The van der Waals surface area contributed by atoms with Crippen molar-refractivity contribution in [2.45, 2.75) is 19.4 Å². The highest BCUT2D eigenvalue weighted by Crippen LogP contribution is 2.15. The summed E-state index contributed by atoms with van der Waals surface area (Å²) in [5, 5.41) is 7.77. The van der Waals surface area contributed by atoms with E-state index in [1.807, 2.05) is 30.2 Å². The first-order valence-electron chi connectivity index (χ1n) is 5.29. The largest absolute Gasteiger partial charge is 0.309 e. The number of hydrogen-bond donors (Lipinski definition) is 1. The Hall–Kier alpha value is -1.27. The molecule has 2 heterocycles. The Labute approximate surface area is 98.8 Å². The van der Waals surface area contributed by atoms with Gasteiger partial charge in [-0.3, -0.25) is 4.68 Å². The summed E-state index contributed by atoms with van der Waals surface area (Å²) in [6.45, 7) is 3.00. The summed E-state index contributed by atoms with van der Waals surface area (Å²) in [5.74, 6) is 0. The Morgan fingerprint density at radius 3 is 3.00 bits per heavy atom. The van der Waals surface area contributed by atoms with E-state index >= 15 is 0 Å². The number of rotatable bonds is 5. The molecule has 0 amide bonds. The second-order valence-corrected chi connectivity index (χ2v) is 4.18. The van der Waals surface area contributed by atoms with Gasteiger partial charge in [-0.15, -0.1) is 0 Å². The first-order chi connectivity index (χ1) is 7.79. The summed E-state index contributed by atoms with van der Waals surface area (Å²) >= 11 is 1.24. The quantitative estimate of drug-likeness (QED) is 0.848. The smallest absolute Gasteiger partial charge is 0.0916 e. The molecule has 0 aliphatic heterocycles. The van der Waals surface area contributed by atoms with Crippen LogP contribution < -0.4 is 5.32 Å². The molecule has 1 N–H and O–H groups in total. The van der Waals surface area contributed by atoms with Crippen molar-refractivity contribution in [2.24, 2.45) is 7.05 Å². The molecule has 2 aromatic heterocycles. The molecule has 86 valence electrons. The van der Waals surface area contributed by atoms with Crippen LogP contribution in [0.2, 0.25) is 0 Å². The first kappa shape index (κ1) is 11.2. The molecule has 0 radical (unpaired) electrons. The molecular weight excluding hydrogens is 222 g/mol. The van der Waals surface area contributed by atoms with Gasteiger partial charge < -0.3 is 5.32 Å². The summed E-state index contributed by atoms with van der Waals surface area (Å²) in [6, 6.07) is 2.24. The highest BCUT2D eigenvalue weighted by Gasteiger charge is 2.14. The van der Waals surface area contributed by atoms with Crippen LogP contribution in [0.1, 0.15) is 24.4 Å². The lowest BCUT2D eigenvalue weighted by molar-refractivity contribution is 0.531. The average Bonchev–Trinajstić information content (AvgIpc) is 2.88. The lowest BCUT2D eigenvalue weighted by atomic mass is 10.1. The molecule has 1 unspecified atom stereocenters. The van der Waals surface area contributed by atoms with Crippen LogP contribution in [0.5, 0.6) is 0 Å². The third kappa shape index (κ3) is 2.65. The maximum absolute atomic E-state index is 4.37. The highest BCUT2D eigenvalue weighted by molar-refractivity contribution is 6.99. The van der Waals surface area contributed by atoms with Gasteiger partial charge in [-0.25, -0.2) is 0 Å². The van der Waals surface area contributed by atoms with Gasteiger partial charge in [-0.05, 0) is 12.6 Å². The molecule has 0 bridgehead atoms. The molecule has 6 heteroatoms. The molecule has 2 aromatic rings. The molecule has 0 aliphatic carbocycles. The number of nitrogens with zero attached hydrogens (tertiary/aromatic N) is 4. The van der Waals surface area contributed by atoms with E-state index in [9.17, 15) is 0 Å². The lowest BCUT2D eigenvalue weighted by Gasteiger charge is -2.13. The summed E-state index contributed by atoms with van der Waals surface area (Å²) in [7, 11) is 1.93. The van der Waals surface area contributed by atoms with E-state index in [4.69, 9.17) is 0 Å². The fourth-order valence-corrected chi connectivity index (χ4v) is 2.11. The van der Waals surface area contributed by atoms with Crippen molar-refractivity contribution in [1.82, 2.24) is 23.8 Å². The molecule has 0 aliphatic rings. The molecule has 16 heavy (non-hydrogen) atoms. The van der Waals surface area contributed by atoms with E-state index in [2.05, 4.69) is 26.1 Å². The summed E-state index contributed by atoms with van der Waals surface area (Å²) in [4.78, 5) is 0. The van der Waals surface area contributed by atoms with Crippen LogP contribution in [0.25, 0.3) is 0 Å². The number of nitrogens with one attached hydrogen (secondary N) is 1. The minimum Gasteiger partial charge on any atom is -0.309 e. The maximum atomic E-state index is 4.37. The van der Waals surface area contributed by atoms with Gasteiger partial charge in [0, 0.05) is 19.7 Å². The van der Waals surface area contributed by atoms with Crippen LogP contribution >= 0.6 is 11.7 Å². The van der Waals surface area contributed by atoms with Crippen molar-refractivity contribution in [3.8, 4) is 0 Å². The SMILES string of the molecule is CCNC(Cc1ccn(C)n1)c1cnsn1. The third-order valence-corrected chi connectivity index (χ3v) is 2.86. The monoisotopic (exact) mass is 237 g/mol. The molecule has 5 nitrogen and oxygen atoms in total. The van der Waals surface area contributed by atoms with E-state index in [1.54, 1.807) is 0 Å². The van der Waals surface area contributed by atoms with Crippen molar-refractivity contribution in [3.63, 3.8) is 0 Å². The summed E-state index contributed by atoms with van der Waals surface area (Å²) < 4.78 is 10.1. The van der Waals surface area contributed by atoms with Crippen molar-refractivity contribution >= 4 is 11.7 Å². The van der Waals surface area contributed by atoms with E-state index < -0.39 is 0 Å². The molecule has 2 rings (SSSR count). The van der Waals surface area contributed by atoms with Crippen LogP contribution in [0, 0.1) is 0 Å². The minimum absolute atomic E-state index is 0.207. The van der Waals surface area contributed by atoms with Crippen LogP contribution in [-0.2, 0) is 13.5 Å². The van der Waals surface area contributed by atoms with Crippen LogP contribution in [0.4, 0.5) is 0 Å². The van der Waals surface area contributed by atoms with Gasteiger partial charge in [0.05, 0.1) is 35.4 Å². The van der Waals surface area contributed by atoms with Gasteiger partial charge in [0.1, 0.15) is 0 Å². The molecule has 0 fully saturated rings. The highest BCUT2D eigenvalue weighted by atomic mass is 32.1. The number of aryl methyl sites for hydroxylation is 1. The van der Waals surface area contributed by atoms with Gasteiger partial charge in [0.15, 0.2) is 0 Å². The second kappa shape index (κ2) is 5.18. The standard InChI is InChI=1S/C10H15N5S/c1-3-11-9(10-7-12-16-14-10)6-8-4-5-15(2)13-8/h4-5,7,9,11H,3,6H2,1-2H3. The summed E-state index contributed by atoms with van der Waals surface area (Å²) in [6.07, 6.45) is 4.62. The predicted molar refractivity (Wildman–Crippen MR) is 63.2 cm³/mol. The normalized spacial score (nSPS) is 12.9. The zero-order valence-electron chi connectivity index (χ0n) is 9.42. The Kier molecular flexibility index (Phi) is 3.63. The molecule has 0 saturated heterocycles. The third-order valence-electron chi connectivity index (χ3n) is 2.37. The van der Waals surface area contributed by atoms with Crippen molar-refractivity contribution < 1.29 is 0 Å². The zero-order chi connectivity index (χ0) is 11.4. The molecule has 0 aromatic carbocycles. The summed E-state index contributed by atoms with van der Waals surface area (Å²) in [5.41, 5.74) is 2.07. The molecule has 0 saturated carbocycles. The van der Waals surface area contributed by atoms with Gasteiger partial charge in [0.2, 0.25) is 0 Å². The van der Waals surface area contributed by atoms with Crippen LogP contribution in [0.3, 0.4) is 0 Å². The Balaban J connectivity index is 2.09. The number of hydrogen-bond acceptors (Lipinski definition) is 5. The average molecular weight is 237 g/mol. The fourth-order valence-electron chi connectivity index (χ4n) is 1.63. The van der Waals surface area contributed by atoms with E-state index in [0.717, 1.165) is 24.4 Å². The zero-order valence-corrected chi connectivity index (χ0v) is 10.2. The van der Waals surface area contributed by atoms with Gasteiger partial charge in [-0.2, -0.15) is 13.8 Å². The fraction of sp³-hybridized carbons (Fsp3) is 0.500. The van der Waals surface area contributed by atoms with Crippen molar-refractivity contribution in [1.29, 1.82) is 0 Å². The van der Waals surface area contributed by atoms with Gasteiger partial charge in [-0.1, -0.05) is 6.92 Å². The Bertz CT molecular complexity index is 422. The molecule has 1 atom stereocenters.